The van der Waals surface area contributed by atoms with Gasteiger partial charge in [-0.1, -0.05) is 20.8 Å². The fourth-order valence-corrected chi connectivity index (χ4v) is 1.41. The minimum atomic E-state index is -0.370. The fourth-order valence-electron chi connectivity index (χ4n) is 1.41. The second-order valence-electron chi connectivity index (χ2n) is 5.49. The molecule has 0 saturated heterocycles. The lowest BCUT2D eigenvalue weighted by atomic mass is 9.97. The Balaban J connectivity index is 2.65. The maximum absolute atomic E-state index is 11.3. The Hall–Kier alpha value is -1.71. The Morgan fingerprint density at radius 1 is 1.28 bits per heavy atom. The largest absolute Gasteiger partial charge is 0.452 e. The second-order valence-corrected chi connectivity index (χ2v) is 5.49. The van der Waals surface area contributed by atoms with E-state index in [0.717, 1.165) is 17.9 Å². The first-order chi connectivity index (χ1) is 8.33. The monoisotopic (exact) mass is 250 g/mol. The molecule has 0 fully saturated rings. The number of hydrogen-bond acceptors (Lipinski definition) is 3. The molecule has 0 spiro atoms. The van der Waals surface area contributed by atoms with Crippen LogP contribution in [0.15, 0.2) is 24.3 Å². The van der Waals surface area contributed by atoms with Gasteiger partial charge >= 0.3 is 6.09 Å². The van der Waals surface area contributed by atoms with Gasteiger partial charge < -0.3 is 10.1 Å². The highest BCUT2D eigenvalue weighted by atomic mass is 16.5. The quantitative estimate of drug-likeness (QED) is 0.894. The van der Waals surface area contributed by atoms with E-state index in [1.165, 1.54) is 12.0 Å². The molecule has 0 aromatic heterocycles. The minimum Gasteiger partial charge on any atom is -0.452 e. The standard InChI is InChI=1S/C14H22N2O2/c1-14(2,3)10-15-11-6-8-12(9-7-11)16(4)13(17)18-5/h6-9,15H,10H2,1-5H3. The zero-order chi connectivity index (χ0) is 13.8. The maximum atomic E-state index is 11.3. The van der Waals surface area contributed by atoms with Crippen molar-refractivity contribution in [1.82, 2.24) is 0 Å². The number of anilines is 2. The summed E-state index contributed by atoms with van der Waals surface area (Å²) < 4.78 is 4.66. The highest BCUT2D eigenvalue weighted by Crippen LogP contribution is 2.19. The van der Waals surface area contributed by atoms with Crippen LogP contribution in [0.25, 0.3) is 0 Å². The number of methoxy groups -OCH3 is 1. The first-order valence-electron chi connectivity index (χ1n) is 5.99. The molecule has 0 unspecified atom stereocenters. The predicted octanol–water partition coefficient (Wildman–Crippen LogP) is 3.35. The summed E-state index contributed by atoms with van der Waals surface area (Å²) in [5, 5.41) is 3.36. The van der Waals surface area contributed by atoms with Gasteiger partial charge in [0.2, 0.25) is 0 Å². The summed E-state index contributed by atoms with van der Waals surface area (Å²) in [4.78, 5) is 12.8. The molecule has 0 bridgehead atoms. The van der Waals surface area contributed by atoms with Crippen molar-refractivity contribution in [2.45, 2.75) is 20.8 Å². The molecule has 1 amide bonds. The molecule has 0 aliphatic rings. The number of nitrogens with one attached hydrogen (secondary N) is 1. The van der Waals surface area contributed by atoms with Crippen molar-refractivity contribution < 1.29 is 9.53 Å². The van der Waals surface area contributed by atoms with Crippen LogP contribution >= 0.6 is 0 Å². The zero-order valence-corrected chi connectivity index (χ0v) is 11.8. The lowest BCUT2D eigenvalue weighted by Gasteiger charge is -2.20. The molecule has 1 rings (SSSR count). The van der Waals surface area contributed by atoms with Gasteiger partial charge in [-0.05, 0) is 29.7 Å². The Labute approximate surface area is 109 Å². The maximum Gasteiger partial charge on any atom is 0.413 e. The van der Waals surface area contributed by atoms with Crippen molar-refractivity contribution >= 4 is 17.5 Å². The van der Waals surface area contributed by atoms with Crippen molar-refractivity contribution in [1.29, 1.82) is 0 Å². The zero-order valence-electron chi connectivity index (χ0n) is 11.8. The molecule has 0 atom stereocenters. The first-order valence-corrected chi connectivity index (χ1v) is 5.99. The van der Waals surface area contributed by atoms with Gasteiger partial charge in [-0.3, -0.25) is 4.90 Å². The van der Waals surface area contributed by atoms with Crippen LogP contribution in [0, 0.1) is 5.41 Å². The summed E-state index contributed by atoms with van der Waals surface area (Å²) in [6.45, 7) is 7.44. The van der Waals surface area contributed by atoms with Gasteiger partial charge in [0.25, 0.3) is 0 Å². The van der Waals surface area contributed by atoms with E-state index in [4.69, 9.17) is 0 Å². The third-order valence-corrected chi connectivity index (χ3v) is 2.53. The van der Waals surface area contributed by atoms with Crippen molar-refractivity contribution in [3.8, 4) is 0 Å². The molecule has 1 aromatic rings. The van der Waals surface area contributed by atoms with Gasteiger partial charge in [0.15, 0.2) is 0 Å². The Morgan fingerprint density at radius 3 is 2.28 bits per heavy atom. The van der Waals surface area contributed by atoms with Gasteiger partial charge in [0.05, 0.1) is 7.11 Å². The molecule has 0 aliphatic carbocycles. The van der Waals surface area contributed by atoms with Crippen LogP contribution in [-0.4, -0.2) is 26.8 Å². The van der Waals surface area contributed by atoms with Crippen LogP contribution in [0.4, 0.5) is 16.2 Å². The topological polar surface area (TPSA) is 41.6 Å². The van der Waals surface area contributed by atoms with Gasteiger partial charge in [-0.25, -0.2) is 4.79 Å². The Kier molecular flexibility index (Phi) is 4.59. The Bertz CT molecular complexity index is 393. The normalized spacial score (nSPS) is 10.9. The van der Waals surface area contributed by atoms with Gasteiger partial charge in [-0.2, -0.15) is 0 Å². The molecule has 4 heteroatoms. The van der Waals surface area contributed by atoms with Gasteiger partial charge in [-0.15, -0.1) is 0 Å². The van der Waals surface area contributed by atoms with Crippen LogP contribution < -0.4 is 10.2 Å². The summed E-state index contributed by atoms with van der Waals surface area (Å²) in [5.74, 6) is 0. The average Bonchev–Trinajstić information content (AvgIpc) is 2.34. The van der Waals surface area contributed by atoms with Crippen LogP contribution in [0.2, 0.25) is 0 Å². The van der Waals surface area contributed by atoms with Crippen LogP contribution in [0.1, 0.15) is 20.8 Å². The molecule has 18 heavy (non-hydrogen) atoms. The molecule has 0 aliphatic heterocycles. The van der Waals surface area contributed by atoms with Crippen LogP contribution in [-0.2, 0) is 4.74 Å². The van der Waals surface area contributed by atoms with Crippen molar-refractivity contribution in [2.75, 3.05) is 30.9 Å². The molecular weight excluding hydrogens is 228 g/mol. The summed E-state index contributed by atoms with van der Waals surface area (Å²) in [7, 11) is 3.06. The van der Waals surface area contributed by atoms with Crippen LogP contribution in [0.5, 0.6) is 0 Å². The number of nitrogens with zero attached hydrogens (tertiary/aromatic N) is 1. The molecule has 0 heterocycles. The molecule has 0 saturated carbocycles. The van der Waals surface area contributed by atoms with Crippen molar-refractivity contribution in [2.24, 2.45) is 5.41 Å². The molecule has 1 N–H and O–H groups in total. The number of ether oxygens (including phenoxy) is 1. The number of carbonyl (C=O) groups is 1. The number of benzene rings is 1. The highest BCUT2D eigenvalue weighted by Gasteiger charge is 2.11. The van der Waals surface area contributed by atoms with E-state index in [9.17, 15) is 4.79 Å². The van der Waals surface area contributed by atoms with E-state index in [1.54, 1.807) is 7.05 Å². The first kappa shape index (κ1) is 14.4. The number of rotatable bonds is 3. The molecule has 1 aromatic carbocycles. The lowest BCUT2D eigenvalue weighted by molar-refractivity contribution is 0.180. The van der Waals surface area contributed by atoms with Gasteiger partial charge in [0, 0.05) is 25.0 Å². The summed E-state index contributed by atoms with van der Waals surface area (Å²) in [6, 6.07) is 7.70. The fraction of sp³-hybridized carbons (Fsp3) is 0.500. The van der Waals surface area contributed by atoms with E-state index < -0.39 is 0 Å². The Morgan fingerprint density at radius 2 is 1.83 bits per heavy atom. The lowest BCUT2D eigenvalue weighted by Crippen LogP contribution is -2.25. The summed E-state index contributed by atoms with van der Waals surface area (Å²) in [6.07, 6.45) is -0.370. The van der Waals surface area contributed by atoms with Gasteiger partial charge in [0.1, 0.15) is 0 Å². The van der Waals surface area contributed by atoms with Crippen LogP contribution in [0.3, 0.4) is 0 Å². The number of carbonyl (C=O) groups excluding carboxylic acids is 1. The number of hydrogen-bond donors (Lipinski definition) is 1. The highest BCUT2D eigenvalue weighted by molar-refractivity contribution is 5.87. The van der Waals surface area contributed by atoms with Crippen molar-refractivity contribution in [3.05, 3.63) is 24.3 Å². The third-order valence-electron chi connectivity index (χ3n) is 2.53. The van der Waals surface area contributed by atoms with E-state index in [-0.39, 0.29) is 11.5 Å². The molecule has 0 radical (unpaired) electrons. The van der Waals surface area contributed by atoms with E-state index >= 15 is 0 Å². The summed E-state index contributed by atoms with van der Waals surface area (Å²) >= 11 is 0. The van der Waals surface area contributed by atoms with E-state index in [2.05, 4.69) is 30.8 Å². The number of amides is 1. The molecule has 100 valence electrons. The van der Waals surface area contributed by atoms with Crippen molar-refractivity contribution in [3.63, 3.8) is 0 Å². The molecular formula is C14H22N2O2. The minimum absolute atomic E-state index is 0.238. The second kappa shape index (κ2) is 5.76. The smallest absolute Gasteiger partial charge is 0.413 e. The predicted molar refractivity (Wildman–Crippen MR) is 75.2 cm³/mol. The summed E-state index contributed by atoms with van der Waals surface area (Å²) in [5.41, 5.74) is 2.09. The van der Waals surface area contributed by atoms with E-state index in [1.807, 2.05) is 24.3 Å². The third kappa shape index (κ3) is 4.28. The average molecular weight is 250 g/mol. The molecule has 4 nitrogen and oxygen atoms in total. The SMILES string of the molecule is COC(=O)N(C)c1ccc(NCC(C)(C)C)cc1. The van der Waals surface area contributed by atoms with E-state index in [0.29, 0.717) is 0 Å².